The second-order valence-corrected chi connectivity index (χ2v) is 7.72. The van der Waals surface area contributed by atoms with E-state index < -0.39 is 5.60 Å². The predicted molar refractivity (Wildman–Crippen MR) is 99.6 cm³/mol. The van der Waals surface area contributed by atoms with Gasteiger partial charge >= 0.3 is 6.09 Å². The lowest BCUT2D eigenvalue weighted by atomic mass is 9.93. The molecular formula is C20H30N2O3. The number of benzene rings is 1. The molecule has 0 spiro atoms. The minimum absolute atomic E-state index is 0.0453. The summed E-state index contributed by atoms with van der Waals surface area (Å²) in [5.74, 6) is 0.358. The van der Waals surface area contributed by atoms with E-state index in [4.69, 9.17) is 4.74 Å². The van der Waals surface area contributed by atoms with E-state index in [1.165, 1.54) is 5.56 Å². The minimum Gasteiger partial charge on any atom is -0.444 e. The van der Waals surface area contributed by atoms with Gasteiger partial charge in [0.1, 0.15) is 5.60 Å². The molecule has 0 radical (unpaired) electrons. The number of piperidine rings is 1. The fourth-order valence-electron chi connectivity index (χ4n) is 2.99. The topological polar surface area (TPSA) is 58.6 Å². The lowest BCUT2D eigenvalue weighted by Crippen LogP contribution is -2.42. The van der Waals surface area contributed by atoms with Gasteiger partial charge in [-0.2, -0.15) is 0 Å². The molecule has 1 heterocycles. The molecule has 0 bridgehead atoms. The Labute approximate surface area is 150 Å². The van der Waals surface area contributed by atoms with Crippen LogP contribution in [0.1, 0.15) is 52.5 Å². The molecule has 2 amide bonds. The van der Waals surface area contributed by atoms with Crippen LogP contribution in [0.15, 0.2) is 24.3 Å². The van der Waals surface area contributed by atoms with Gasteiger partial charge in [-0.25, -0.2) is 4.79 Å². The fourth-order valence-corrected chi connectivity index (χ4v) is 2.99. The van der Waals surface area contributed by atoms with Gasteiger partial charge in [0.2, 0.25) is 5.91 Å². The molecule has 0 aromatic heterocycles. The summed E-state index contributed by atoms with van der Waals surface area (Å²) in [5, 5.41) is 2.98. The molecule has 0 saturated carbocycles. The van der Waals surface area contributed by atoms with Crippen molar-refractivity contribution < 1.29 is 14.3 Å². The van der Waals surface area contributed by atoms with E-state index in [9.17, 15) is 9.59 Å². The number of aryl methyl sites for hydroxylation is 1. The molecule has 2 rings (SSSR count). The van der Waals surface area contributed by atoms with Crippen LogP contribution < -0.4 is 5.32 Å². The second-order valence-electron chi connectivity index (χ2n) is 7.72. The third kappa shape index (κ3) is 6.40. The maximum atomic E-state index is 12.3. The van der Waals surface area contributed by atoms with Crippen molar-refractivity contribution in [2.75, 3.05) is 18.4 Å². The monoisotopic (exact) mass is 346 g/mol. The number of rotatable bonds is 4. The van der Waals surface area contributed by atoms with Gasteiger partial charge in [0.05, 0.1) is 0 Å². The first kappa shape index (κ1) is 19.3. The Balaban J connectivity index is 1.77. The summed E-state index contributed by atoms with van der Waals surface area (Å²) in [6, 6.07) is 7.96. The van der Waals surface area contributed by atoms with Gasteiger partial charge in [0.25, 0.3) is 0 Å². The van der Waals surface area contributed by atoms with Crippen molar-refractivity contribution in [1.82, 2.24) is 4.90 Å². The maximum Gasteiger partial charge on any atom is 0.410 e. The SMILES string of the molecule is CCc1cccc(NC(=O)CC2CCN(C(=O)OC(C)(C)C)CC2)c1. The van der Waals surface area contributed by atoms with Crippen LogP contribution in [0.3, 0.4) is 0 Å². The quantitative estimate of drug-likeness (QED) is 0.888. The third-order valence-electron chi connectivity index (χ3n) is 4.36. The van der Waals surface area contributed by atoms with Crippen molar-refractivity contribution in [1.29, 1.82) is 0 Å². The molecule has 1 fully saturated rings. The molecule has 5 heteroatoms. The molecule has 5 nitrogen and oxygen atoms in total. The van der Waals surface area contributed by atoms with Crippen LogP contribution in [-0.4, -0.2) is 35.6 Å². The zero-order valence-corrected chi connectivity index (χ0v) is 15.8. The first-order chi connectivity index (χ1) is 11.8. The summed E-state index contributed by atoms with van der Waals surface area (Å²) in [5.41, 5.74) is 1.60. The van der Waals surface area contributed by atoms with Gasteiger partial charge in [0.15, 0.2) is 0 Å². The summed E-state index contributed by atoms with van der Waals surface area (Å²) >= 11 is 0. The number of carbonyl (C=O) groups excluding carboxylic acids is 2. The number of amides is 2. The normalized spacial score (nSPS) is 15.8. The van der Waals surface area contributed by atoms with E-state index >= 15 is 0 Å². The first-order valence-corrected chi connectivity index (χ1v) is 9.13. The van der Waals surface area contributed by atoms with Crippen LogP contribution in [-0.2, 0) is 16.0 Å². The van der Waals surface area contributed by atoms with Crippen molar-refractivity contribution in [2.24, 2.45) is 5.92 Å². The smallest absolute Gasteiger partial charge is 0.410 e. The van der Waals surface area contributed by atoms with Crippen LogP contribution in [0.2, 0.25) is 0 Å². The molecular weight excluding hydrogens is 316 g/mol. The second kappa shape index (κ2) is 8.37. The van der Waals surface area contributed by atoms with Crippen molar-refractivity contribution >= 4 is 17.7 Å². The van der Waals surface area contributed by atoms with Gasteiger partial charge in [-0.3, -0.25) is 4.79 Å². The van der Waals surface area contributed by atoms with Gasteiger partial charge < -0.3 is 15.0 Å². The number of nitrogens with zero attached hydrogens (tertiary/aromatic N) is 1. The van der Waals surface area contributed by atoms with E-state index in [1.54, 1.807) is 4.90 Å². The zero-order chi connectivity index (χ0) is 18.4. The summed E-state index contributed by atoms with van der Waals surface area (Å²) < 4.78 is 5.40. The van der Waals surface area contributed by atoms with E-state index in [0.29, 0.717) is 25.4 Å². The van der Waals surface area contributed by atoms with Crippen molar-refractivity contribution in [3.8, 4) is 0 Å². The zero-order valence-electron chi connectivity index (χ0n) is 15.8. The Hall–Kier alpha value is -2.04. The maximum absolute atomic E-state index is 12.3. The number of likely N-dealkylation sites (tertiary alicyclic amines) is 1. The first-order valence-electron chi connectivity index (χ1n) is 9.13. The highest BCUT2D eigenvalue weighted by Gasteiger charge is 2.27. The predicted octanol–water partition coefficient (Wildman–Crippen LogP) is 4.22. The Morgan fingerprint density at radius 1 is 1.24 bits per heavy atom. The standard InChI is InChI=1S/C20H30N2O3/c1-5-15-7-6-8-17(13-15)21-18(23)14-16-9-11-22(12-10-16)19(24)25-20(2,3)4/h6-8,13,16H,5,9-12,14H2,1-4H3,(H,21,23). The van der Waals surface area contributed by atoms with E-state index in [0.717, 1.165) is 24.9 Å². The molecule has 1 aliphatic rings. The third-order valence-corrected chi connectivity index (χ3v) is 4.36. The van der Waals surface area contributed by atoms with Gasteiger partial charge in [0, 0.05) is 25.2 Å². The largest absolute Gasteiger partial charge is 0.444 e. The molecule has 0 unspecified atom stereocenters. The summed E-state index contributed by atoms with van der Waals surface area (Å²) in [4.78, 5) is 26.1. The molecule has 1 aromatic carbocycles. The van der Waals surface area contributed by atoms with Crippen molar-refractivity contribution in [3.63, 3.8) is 0 Å². The number of hydrogen-bond donors (Lipinski definition) is 1. The molecule has 0 atom stereocenters. The Morgan fingerprint density at radius 2 is 1.92 bits per heavy atom. The Morgan fingerprint density at radius 3 is 2.52 bits per heavy atom. The van der Waals surface area contributed by atoms with E-state index in [-0.39, 0.29) is 12.0 Å². The van der Waals surface area contributed by atoms with Crippen molar-refractivity contribution in [3.05, 3.63) is 29.8 Å². The molecule has 1 N–H and O–H groups in total. The van der Waals surface area contributed by atoms with Crippen LogP contribution >= 0.6 is 0 Å². The number of hydrogen-bond acceptors (Lipinski definition) is 3. The van der Waals surface area contributed by atoms with Gasteiger partial charge in [-0.1, -0.05) is 19.1 Å². The van der Waals surface area contributed by atoms with Crippen LogP contribution in [0.4, 0.5) is 10.5 Å². The number of carbonyl (C=O) groups is 2. The summed E-state index contributed by atoms with van der Waals surface area (Å²) in [7, 11) is 0. The Bertz CT molecular complexity index is 599. The lowest BCUT2D eigenvalue weighted by molar-refractivity contribution is -0.117. The number of ether oxygens (including phenoxy) is 1. The lowest BCUT2D eigenvalue weighted by Gasteiger charge is -2.33. The molecule has 1 aliphatic heterocycles. The average Bonchev–Trinajstić information content (AvgIpc) is 2.54. The highest BCUT2D eigenvalue weighted by Crippen LogP contribution is 2.23. The van der Waals surface area contributed by atoms with Crippen LogP contribution in [0, 0.1) is 5.92 Å². The van der Waals surface area contributed by atoms with Gasteiger partial charge in [-0.05, 0) is 63.6 Å². The van der Waals surface area contributed by atoms with Crippen LogP contribution in [0.25, 0.3) is 0 Å². The highest BCUT2D eigenvalue weighted by atomic mass is 16.6. The fraction of sp³-hybridized carbons (Fsp3) is 0.600. The van der Waals surface area contributed by atoms with Crippen LogP contribution in [0.5, 0.6) is 0 Å². The summed E-state index contributed by atoms with van der Waals surface area (Å²) in [6.45, 7) is 9.01. The van der Waals surface area contributed by atoms with E-state index in [2.05, 4.69) is 18.3 Å². The number of nitrogens with one attached hydrogen (secondary N) is 1. The highest BCUT2D eigenvalue weighted by molar-refractivity contribution is 5.90. The van der Waals surface area contributed by atoms with E-state index in [1.807, 2.05) is 39.0 Å². The molecule has 25 heavy (non-hydrogen) atoms. The van der Waals surface area contributed by atoms with Crippen molar-refractivity contribution in [2.45, 2.75) is 59.0 Å². The van der Waals surface area contributed by atoms with Gasteiger partial charge in [-0.15, -0.1) is 0 Å². The summed E-state index contributed by atoms with van der Waals surface area (Å²) in [6.07, 6.45) is 2.86. The molecule has 1 saturated heterocycles. The average molecular weight is 346 g/mol. The minimum atomic E-state index is -0.471. The molecule has 0 aliphatic carbocycles. The Kier molecular flexibility index (Phi) is 6.45. The number of anilines is 1. The molecule has 1 aromatic rings. The molecule has 138 valence electrons.